The fraction of sp³-hybridized carbons (Fsp3) is 0.462. The van der Waals surface area contributed by atoms with E-state index in [0.717, 1.165) is 5.56 Å². The van der Waals surface area contributed by atoms with Crippen LogP contribution in [0.5, 0.6) is 0 Å². The Hall–Kier alpha value is -1.20. The smallest absolute Gasteiger partial charge is 0.268 e. The molecule has 0 amide bonds. The molecule has 0 aromatic heterocycles. The first-order valence-electron chi connectivity index (χ1n) is 5.83. The van der Waals surface area contributed by atoms with Gasteiger partial charge in [0.05, 0.1) is 5.25 Å². The lowest BCUT2D eigenvalue weighted by atomic mass is 10.0. The Balaban J connectivity index is 2.84. The van der Waals surface area contributed by atoms with Gasteiger partial charge in [0.25, 0.3) is 10.1 Å². The first-order valence-corrected chi connectivity index (χ1v) is 7.34. The maximum Gasteiger partial charge on any atom is 0.268 e. The number of ketones is 1. The Morgan fingerprint density at radius 3 is 2.22 bits per heavy atom. The topological polar surface area (TPSA) is 71.4 Å². The average molecular weight is 270 g/mol. The van der Waals surface area contributed by atoms with E-state index >= 15 is 0 Å². The standard InChI is InChI=1S/C13H18O4S/c1-10(2)13(14)9-12(18(15,16)17)8-11-6-4-3-5-7-11/h3-7,10,12H,8-9H2,1-2H3,(H,15,16,17)/t12-/m1/s1. The van der Waals surface area contributed by atoms with Crippen molar-refractivity contribution in [1.29, 1.82) is 0 Å². The molecule has 0 fully saturated rings. The van der Waals surface area contributed by atoms with Crippen molar-refractivity contribution in [2.75, 3.05) is 0 Å². The second-order valence-corrected chi connectivity index (χ2v) is 6.35. The van der Waals surface area contributed by atoms with Crippen molar-refractivity contribution in [3.63, 3.8) is 0 Å². The van der Waals surface area contributed by atoms with Crippen LogP contribution in [0.2, 0.25) is 0 Å². The lowest BCUT2D eigenvalue weighted by Crippen LogP contribution is -2.27. The Morgan fingerprint density at radius 1 is 1.22 bits per heavy atom. The third-order valence-electron chi connectivity index (χ3n) is 2.80. The molecule has 0 saturated carbocycles. The third-order valence-corrected chi connectivity index (χ3v) is 3.98. The Bertz CT molecular complexity index is 491. The summed E-state index contributed by atoms with van der Waals surface area (Å²) in [6, 6.07) is 8.96. The number of carbonyl (C=O) groups excluding carboxylic acids is 1. The van der Waals surface area contributed by atoms with Crippen LogP contribution in [0, 0.1) is 5.92 Å². The summed E-state index contributed by atoms with van der Waals surface area (Å²) in [6.45, 7) is 3.43. The SMILES string of the molecule is CC(C)C(=O)C[C@@H](Cc1ccccc1)S(=O)(=O)O. The third kappa shape index (κ3) is 4.58. The van der Waals surface area contributed by atoms with Gasteiger partial charge in [0.15, 0.2) is 0 Å². The van der Waals surface area contributed by atoms with Gasteiger partial charge in [0.1, 0.15) is 5.78 Å². The van der Waals surface area contributed by atoms with Gasteiger partial charge in [0, 0.05) is 12.3 Å². The highest BCUT2D eigenvalue weighted by Crippen LogP contribution is 2.15. The van der Waals surface area contributed by atoms with E-state index in [1.165, 1.54) is 0 Å². The molecule has 0 radical (unpaired) electrons. The Kier molecular flexibility index (Phi) is 5.04. The van der Waals surface area contributed by atoms with Gasteiger partial charge in [0.2, 0.25) is 0 Å². The summed E-state index contributed by atoms with van der Waals surface area (Å²) in [5, 5.41) is -1.06. The highest BCUT2D eigenvalue weighted by atomic mass is 32.2. The Morgan fingerprint density at radius 2 is 1.78 bits per heavy atom. The van der Waals surface area contributed by atoms with Crippen molar-refractivity contribution < 1.29 is 17.8 Å². The molecule has 18 heavy (non-hydrogen) atoms. The molecule has 0 saturated heterocycles. The first kappa shape index (κ1) is 14.9. The van der Waals surface area contributed by atoms with Gasteiger partial charge >= 0.3 is 0 Å². The van der Waals surface area contributed by atoms with E-state index in [1.54, 1.807) is 38.1 Å². The van der Waals surface area contributed by atoms with E-state index in [-0.39, 0.29) is 24.5 Å². The summed E-state index contributed by atoms with van der Waals surface area (Å²) in [5.74, 6) is -0.390. The summed E-state index contributed by atoms with van der Waals surface area (Å²) in [6.07, 6.45) is 0.00350. The summed E-state index contributed by atoms with van der Waals surface area (Å²) in [7, 11) is -4.21. The van der Waals surface area contributed by atoms with Gasteiger partial charge in [-0.2, -0.15) is 8.42 Å². The number of hydrogen-bond donors (Lipinski definition) is 1. The monoisotopic (exact) mass is 270 g/mol. The molecule has 0 spiro atoms. The molecule has 4 nitrogen and oxygen atoms in total. The molecule has 1 aromatic rings. The zero-order chi connectivity index (χ0) is 13.8. The van der Waals surface area contributed by atoms with Gasteiger partial charge in [-0.3, -0.25) is 9.35 Å². The molecule has 100 valence electrons. The van der Waals surface area contributed by atoms with Crippen LogP contribution < -0.4 is 0 Å². The van der Waals surface area contributed by atoms with Gasteiger partial charge in [-0.25, -0.2) is 0 Å². The molecule has 5 heteroatoms. The van der Waals surface area contributed by atoms with E-state index < -0.39 is 15.4 Å². The second-order valence-electron chi connectivity index (χ2n) is 4.65. The van der Waals surface area contributed by atoms with Crippen LogP contribution >= 0.6 is 0 Å². The molecule has 1 N–H and O–H groups in total. The molecule has 1 aromatic carbocycles. The quantitative estimate of drug-likeness (QED) is 0.803. The summed E-state index contributed by atoms with van der Waals surface area (Å²) >= 11 is 0. The minimum absolute atomic E-state index is 0.147. The zero-order valence-corrected chi connectivity index (χ0v) is 11.4. The predicted octanol–water partition coefficient (Wildman–Crippen LogP) is 2.10. The first-order chi connectivity index (χ1) is 8.30. The van der Waals surface area contributed by atoms with Gasteiger partial charge in [-0.1, -0.05) is 44.2 Å². The van der Waals surface area contributed by atoms with Crippen molar-refractivity contribution in [3.8, 4) is 0 Å². The van der Waals surface area contributed by atoms with Crippen LogP contribution in [-0.4, -0.2) is 24.0 Å². The van der Waals surface area contributed by atoms with E-state index in [4.69, 9.17) is 0 Å². The normalized spacial score (nSPS) is 13.6. The molecule has 0 heterocycles. The average Bonchev–Trinajstić information content (AvgIpc) is 2.28. The van der Waals surface area contributed by atoms with E-state index in [9.17, 15) is 17.8 Å². The molecule has 0 aliphatic heterocycles. The lowest BCUT2D eigenvalue weighted by Gasteiger charge is -2.14. The lowest BCUT2D eigenvalue weighted by molar-refractivity contribution is -0.121. The van der Waals surface area contributed by atoms with Gasteiger partial charge in [-0.15, -0.1) is 0 Å². The summed E-state index contributed by atoms with van der Waals surface area (Å²) in [5.41, 5.74) is 0.789. The molecule has 1 atom stereocenters. The molecule has 0 bridgehead atoms. The van der Waals surface area contributed by atoms with Crippen LogP contribution in [0.15, 0.2) is 30.3 Å². The fourth-order valence-electron chi connectivity index (χ4n) is 1.62. The van der Waals surface area contributed by atoms with Crippen molar-refractivity contribution in [1.82, 2.24) is 0 Å². The molecule has 0 unspecified atom stereocenters. The van der Waals surface area contributed by atoms with Gasteiger partial charge in [-0.05, 0) is 12.0 Å². The minimum Gasteiger partial charge on any atom is -0.299 e. The van der Waals surface area contributed by atoms with Crippen LogP contribution in [0.4, 0.5) is 0 Å². The maximum absolute atomic E-state index is 11.6. The largest absolute Gasteiger partial charge is 0.299 e. The zero-order valence-electron chi connectivity index (χ0n) is 10.5. The van der Waals surface area contributed by atoms with Crippen LogP contribution in [0.25, 0.3) is 0 Å². The van der Waals surface area contributed by atoms with Crippen molar-refractivity contribution >= 4 is 15.9 Å². The summed E-state index contributed by atoms with van der Waals surface area (Å²) in [4.78, 5) is 11.6. The van der Waals surface area contributed by atoms with Crippen molar-refractivity contribution in [3.05, 3.63) is 35.9 Å². The van der Waals surface area contributed by atoms with Gasteiger partial charge < -0.3 is 0 Å². The molecule has 0 aliphatic rings. The highest BCUT2D eigenvalue weighted by Gasteiger charge is 2.27. The molecule has 1 rings (SSSR count). The van der Waals surface area contributed by atoms with Crippen LogP contribution in [0.1, 0.15) is 25.8 Å². The molecular formula is C13H18O4S. The number of hydrogen-bond acceptors (Lipinski definition) is 3. The number of rotatable bonds is 6. The Labute approximate surface area is 108 Å². The van der Waals surface area contributed by atoms with E-state index in [0.29, 0.717) is 0 Å². The minimum atomic E-state index is -4.21. The van der Waals surface area contributed by atoms with Crippen LogP contribution in [-0.2, 0) is 21.3 Å². The van der Waals surface area contributed by atoms with Crippen molar-refractivity contribution in [2.45, 2.75) is 31.9 Å². The summed E-state index contributed by atoms with van der Waals surface area (Å²) < 4.78 is 31.8. The second kappa shape index (κ2) is 6.11. The maximum atomic E-state index is 11.6. The number of carbonyl (C=O) groups is 1. The van der Waals surface area contributed by atoms with E-state index in [1.807, 2.05) is 6.07 Å². The van der Waals surface area contributed by atoms with Crippen molar-refractivity contribution in [2.24, 2.45) is 5.92 Å². The number of benzene rings is 1. The predicted molar refractivity (Wildman–Crippen MR) is 69.9 cm³/mol. The van der Waals surface area contributed by atoms with E-state index in [2.05, 4.69) is 0 Å². The fourth-order valence-corrected chi connectivity index (χ4v) is 2.40. The molecular weight excluding hydrogens is 252 g/mol. The number of Topliss-reactive ketones (excluding diaryl/α,β-unsaturated/α-hetero) is 1. The van der Waals surface area contributed by atoms with Crippen LogP contribution in [0.3, 0.4) is 0 Å². The molecule has 0 aliphatic carbocycles. The highest BCUT2D eigenvalue weighted by molar-refractivity contribution is 7.86.